The summed E-state index contributed by atoms with van der Waals surface area (Å²) in [4.78, 5) is 12.5. The van der Waals surface area contributed by atoms with Crippen LogP contribution in [0.1, 0.15) is 49.5 Å². The van der Waals surface area contributed by atoms with E-state index < -0.39 is 0 Å². The molecule has 134 valence electrons. The number of fused-ring (bicyclic) bond motifs is 1. The molecule has 3 aromatic rings. The molecule has 0 saturated heterocycles. The van der Waals surface area contributed by atoms with Crippen molar-refractivity contribution < 1.29 is 4.79 Å². The fourth-order valence-corrected chi connectivity index (χ4v) is 2.70. The third-order valence-electron chi connectivity index (χ3n) is 4.04. The third kappa shape index (κ3) is 3.88. The van der Waals surface area contributed by atoms with Gasteiger partial charge in [0, 0.05) is 30.8 Å². The average Bonchev–Trinajstić information content (AvgIpc) is 3.24. The van der Waals surface area contributed by atoms with E-state index in [1.807, 2.05) is 24.6 Å². The molecule has 26 heavy (non-hydrogen) atoms. The normalized spacial score (nSPS) is 11.0. The molecule has 3 rings (SSSR count). The molecule has 0 fully saturated rings. The number of unbranched alkanes of at least 4 members (excludes halogenated alkanes) is 2. The van der Waals surface area contributed by atoms with E-state index in [0.717, 1.165) is 24.9 Å². The van der Waals surface area contributed by atoms with Crippen LogP contribution in [-0.2, 0) is 6.54 Å². The molecule has 0 aliphatic carbocycles. The molecule has 0 atom stereocenters. The van der Waals surface area contributed by atoms with Crippen LogP contribution in [0.5, 0.6) is 0 Å². The molecule has 8 nitrogen and oxygen atoms in total. The van der Waals surface area contributed by atoms with Gasteiger partial charge in [-0.05, 0) is 44.9 Å². The van der Waals surface area contributed by atoms with Crippen LogP contribution in [0.25, 0.3) is 11.0 Å². The molecular formula is C18H21N7O. The summed E-state index contributed by atoms with van der Waals surface area (Å²) in [6.45, 7) is 4.79. The Bertz CT molecular complexity index is 948. The third-order valence-corrected chi connectivity index (χ3v) is 4.04. The van der Waals surface area contributed by atoms with Gasteiger partial charge in [0.15, 0.2) is 0 Å². The molecule has 0 bridgehead atoms. The highest BCUT2D eigenvalue weighted by Gasteiger charge is 2.12. The van der Waals surface area contributed by atoms with E-state index >= 15 is 0 Å². The van der Waals surface area contributed by atoms with Crippen LogP contribution in [0, 0.1) is 11.3 Å². The highest BCUT2D eigenvalue weighted by atomic mass is 16.1. The van der Waals surface area contributed by atoms with Crippen molar-refractivity contribution in [1.29, 1.82) is 5.26 Å². The highest BCUT2D eigenvalue weighted by Crippen LogP contribution is 2.18. The van der Waals surface area contributed by atoms with Crippen molar-refractivity contribution in [2.45, 2.75) is 45.7 Å². The van der Waals surface area contributed by atoms with Crippen molar-refractivity contribution in [3.05, 3.63) is 36.2 Å². The molecule has 0 aliphatic rings. The first-order valence-corrected chi connectivity index (χ1v) is 8.64. The molecule has 1 amide bonds. The number of amides is 1. The van der Waals surface area contributed by atoms with E-state index in [-0.39, 0.29) is 11.9 Å². The lowest BCUT2D eigenvalue weighted by atomic mass is 10.2. The van der Waals surface area contributed by atoms with E-state index in [1.54, 1.807) is 29.2 Å². The predicted molar refractivity (Wildman–Crippen MR) is 97.6 cm³/mol. The number of hydrogen-bond donors (Lipinski definition) is 1. The van der Waals surface area contributed by atoms with Crippen LogP contribution in [0.2, 0.25) is 0 Å². The zero-order valence-corrected chi connectivity index (χ0v) is 14.9. The second-order valence-electron chi connectivity index (χ2n) is 6.39. The Morgan fingerprint density at radius 3 is 2.96 bits per heavy atom. The fraction of sp³-hybridized carbons (Fsp3) is 0.389. The fourth-order valence-electron chi connectivity index (χ4n) is 2.70. The van der Waals surface area contributed by atoms with Crippen molar-refractivity contribution in [3.63, 3.8) is 0 Å². The summed E-state index contributed by atoms with van der Waals surface area (Å²) in [5.74, 6) is -0.213. The minimum atomic E-state index is -0.213. The molecule has 2 aromatic heterocycles. The van der Waals surface area contributed by atoms with Gasteiger partial charge in [0.1, 0.15) is 5.52 Å². The largest absolute Gasteiger partial charge is 0.319 e. The second kappa shape index (κ2) is 7.78. The van der Waals surface area contributed by atoms with E-state index in [9.17, 15) is 4.79 Å². The molecule has 1 aromatic carbocycles. The van der Waals surface area contributed by atoms with E-state index in [2.05, 4.69) is 26.8 Å². The summed E-state index contributed by atoms with van der Waals surface area (Å²) in [6, 6.07) is 7.71. The molecule has 0 saturated carbocycles. The molecule has 0 aliphatic heterocycles. The van der Waals surface area contributed by atoms with Crippen LogP contribution in [-0.4, -0.2) is 30.7 Å². The van der Waals surface area contributed by atoms with Gasteiger partial charge in [-0.3, -0.25) is 9.48 Å². The Labute approximate surface area is 151 Å². The minimum absolute atomic E-state index is 0.207. The first-order valence-electron chi connectivity index (χ1n) is 8.64. The zero-order valence-electron chi connectivity index (χ0n) is 14.9. The number of benzene rings is 1. The summed E-state index contributed by atoms with van der Waals surface area (Å²) in [5, 5.41) is 23.9. The first-order chi connectivity index (χ1) is 12.6. The van der Waals surface area contributed by atoms with Gasteiger partial charge >= 0.3 is 0 Å². The second-order valence-corrected chi connectivity index (χ2v) is 6.39. The Balaban J connectivity index is 1.66. The summed E-state index contributed by atoms with van der Waals surface area (Å²) in [6.07, 6.45) is 5.68. The van der Waals surface area contributed by atoms with Gasteiger partial charge in [-0.25, -0.2) is 4.68 Å². The quantitative estimate of drug-likeness (QED) is 0.659. The number of nitrogens with zero attached hydrogens (tertiary/aromatic N) is 6. The van der Waals surface area contributed by atoms with Gasteiger partial charge in [0.05, 0.1) is 23.5 Å². The monoisotopic (exact) mass is 351 g/mol. The Hall–Kier alpha value is -3.21. The molecule has 0 spiro atoms. The first kappa shape index (κ1) is 17.6. The molecule has 1 N–H and O–H groups in total. The summed E-state index contributed by atoms with van der Waals surface area (Å²) < 4.78 is 3.60. The summed E-state index contributed by atoms with van der Waals surface area (Å²) >= 11 is 0. The maximum atomic E-state index is 12.5. The van der Waals surface area contributed by atoms with E-state index in [1.165, 1.54) is 0 Å². The lowest BCUT2D eigenvalue weighted by Gasteiger charge is -2.06. The topological polar surface area (TPSA) is 101 Å². The Morgan fingerprint density at radius 1 is 1.35 bits per heavy atom. The molecular weight excluding hydrogens is 330 g/mol. The van der Waals surface area contributed by atoms with Crippen molar-refractivity contribution >= 4 is 22.6 Å². The maximum absolute atomic E-state index is 12.5. The van der Waals surface area contributed by atoms with Gasteiger partial charge in [-0.1, -0.05) is 5.21 Å². The number of nitriles is 1. The van der Waals surface area contributed by atoms with Crippen molar-refractivity contribution in [3.8, 4) is 6.07 Å². The van der Waals surface area contributed by atoms with Crippen LogP contribution in [0.15, 0.2) is 30.6 Å². The molecule has 0 unspecified atom stereocenters. The Morgan fingerprint density at radius 2 is 2.19 bits per heavy atom. The predicted octanol–water partition coefficient (Wildman–Crippen LogP) is 3.15. The number of aryl methyl sites for hydroxylation is 1. The van der Waals surface area contributed by atoms with Crippen LogP contribution in [0.3, 0.4) is 0 Å². The van der Waals surface area contributed by atoms with Gasteiger partial charge in [-0.15, -0.1) is 5.10 Å². The van der Waals surface area contributed by atoms with Crippen molar-refractivity contribution in [2.75, 3.05) is 5.32 Å². The average molecular weight is 351 g/mol. The van der Waals surface area contributed by atoms with Gasteiger partial charge in [-0.2, -0.15) is 10.4 Å². The van der Waals surface area contributed by atoms with Crippen LogP contribution >= 0.6 is 0 Å². The zero-order chi connectivity index (χ0) is 18.5. The number of carbonyl (C=O) groups is 1. The van der Waals surface area contributed by atoms with E-state index in [4.69, 9.17) is 5.26 Å². The number of anilines is 1. The van der Waals surface area contributed by atoms with Crippen LogP contribution < -0.4 is 5.32 Å². The van der Waals surface area contributed by atoms with Crippen molar-refractivity contribution in [1.82, 2.24) is 24.8 Å². The summed E-state index contributed by atoms with van der Waals surface area (Å²) in [7, 11) is 0. The van der Waals surface area contributed by atoms with Gasteiger partial charge < -0.3 is 5.32 Å². The van der Waals surface area contributed by atoms with Crippen molar-refractivity contribution in [2.24, 2.45) is 0 Å². The van der Waals surface area contributed by atoms with Gasteiger partial charge in [0.25, 0.3) is 5.91 Å². The van der Waals surface area contributed by atoms with Gasteiger partial charge in [0.2, 0.25) is 0 Å². The van der Waals surface area contributed by atoms with Crippen LogP contribution in [0.4, 0.5) is 5.69 Å². The highest BCUT2D eigenvalue weighted by molar-refractivity contribution is 6.05. The maximum Gasteiger partial charge on any atom is 0.255 e. The number of hydrogen-bond acceptors (Lipinski definition) is 5. The number of carbonyl (C=O) groups excluding carboxylic acids is 1. The SMILES string of the molecule is CC(C)n1nnc2cc(C(=O)Nc3cnn(CCCCC#N)c3)ccc21. The Kier molecular flexibility index (Phi) is 5.27. The molecule has 2 heterocycles. The molecule has 8 heteroatoms. The smallest absolute Gasteiger partial charge is 0.255 e. The standard InChI is InChI=1S/C18H21N7O/c1-13(2)25-17-7-6-14(10-16(17)22-23-25)18(26)21-15-11-20-24(12-15)9-5-3-4-8-19/h6-7,10-13H,3-5,9H2,1-2H3,(H,21,26). The lowest BCUT2D eigenvalue weighted by Crippen LogP contribution is -2.11. The molecule has 0 radical (unpaired) electrons. The van der Waals surface area contributed by atoms with E-state index in [0.29, 0.717) is 23.2 Å². The number of rotatable bonds is 7. The lowest BCUT2D eigenvalue weighted by molar-refractivity contribution is 0.102. The summed E-state index contributed by atoms with van der Waals surface area (Å²) in [5.41, 5.74) is 2.76. The minimum Gasteiger partial charge on any atom is -0.319 e. The number of aromatic nitrogens is 5. The number of nitrogens with one attached hydrogen (secondary N) is 1.